The number of nitrogens with one attached hydrogen (secondary N) is 1. The van der Waals surface area contributed by atoms with E-state index in [1.54, 1.807) is 48.5 Å². The lowest BCUT2D eigenvalue weighted by Gasteiger charge is -2.08. The number of rotatable bonds is 9. The first kappa shape index (κ1) is 19.8. The van der Waals surface area contributed by atoms with Gasteiger partial charge in [-0.3, -0.25) is 4.79 Å². The van der Waals surface area contributed by atoms with Gasteiger partial charge in [0, 0.05) is 10.7 Å². The number of halogens is 1. The second-order valence-electron chi connectivity index (χ2n) is 5.71. The Labute approximate surface area is 158 Å². The van der Waals surface area contributed by atoms with Crippen LogP contribution in [0.5, 0.6) is 5.75 Å². The van der Waals surface area contributed by atoms with E-state index in [0.29, 0.717) is 28.6 Å². The van der Waals surface area contributed by atoms with Crippen molar-refractivity contribution in [3.05, 3.63) is 59.1 Å². The lowest BCUT2D eigenvalue weighted by molar-refractivity contribution is -0.118. The van der Waals surface area contributed by atoms with Crippen LogP contribution in [0.4, 0.5) is 5.69 Å². The monoisotopic (exact) mass is 375 g/mol. The summed E-state index contributed by atoms with van der Waals surface area (Å²) in [5, 5.41) is 3.31. The highest BCUT2D eigenvalue weighted by molar-refractivity contribution is 6.30. The van der Waals surface area contributed by atoms with E-state index in [9.17, 15) is 9.59 Å². The van der Waals surface area contributed by atoms with Gasteiger partial charge in [0.1, 0.15) is 5.75 Å². The average molecular weight is 376 g/mol. The summed E-state index contributed by atoms with van der Waals surface area (Å²) in [6, 6.07) is 13.3. The zero-order chi connectivity index (χ0) is 18.8. The minimum Gasteiger partial charge on any atom is -0.484 e. The predicted molar refractivity (Wildman–Crippen MR) is 102 cm³/mol. The third kappa shape index (κ3) is 6.76. The molecule has 0 saturated carbocycles. The molecular weight excluding hydrogens is 354 g/mol. The minimum absolute atomic E-state index is 0.122. The van der Waals surface area contributed by atoms with Gasteiger partial charge in [-0.15, -0.1) is 0 Å². The summed E-state index contributed by atoms with van der Waals surface area (Å²) in [5.41, 5.74) is 1.04. The molecule has 138 valence electrons. The van der Waals surface area contributed by atoms with Crippen molar-refractivity contribution in [1.29, 1.82) is 0 Å². The number of hydrogen-bond acceptors (Lipinski definition) is 4. The SMILES string of the molecule is CCCCCOC(=O)c1ccc(NC(=O)COc2ccc(Cl)cc2)cc1. The lowest BCUT2D eigenvalue weighted by atomic mass is 10.2. The van der Waals surface area contributed by atoms with E-state index in [4.69, 9.17) is 21.1 Å². The van der Waals surface area contributed by atoms with E-state index in [1.807, 2.05) is 0 Å². The van der Waals surface area contributed by atoms with E-state index in [2.05, 4.69) is 12.2 Å². The van der Waals surface area contributed by atoms with Gasteiger partial charge in [-0.05, 0) is 55.0 Å². The van der Waals surface area contributed by atoms with E-state index < -0.39 is 0 Å². The number of anilines is 1. The maximum absolute atomic E-state index is 11.9. The molecule has 0 atom stereocenters. The van der Waals surface area contributed by atoms with Crippen LogP contribution >= 0.6 is 11.6 Å². The first-order valence-electron chi connectivity index (χ1n) is 8.54. The molecule has 6 heteroatoms. The van der Waals surface area contributed by atoms with Crippen LogP contribution in [-0.4, -0.2) is 25.1 Å². The Morgan fingerprint density at radius 3 is 2.35 bits per heavy atom. The van der Waals surface area contributed by atoms with Gasteiger partial charge in [-0.1, -0.05) is 31.4 Å². The zero-order valence-corrected chi connectivity index (χ0v) is 15.4. The van der Waals surface area contributed by atoms with Crippen molar-refractivity contribution < 1.29 is 19.1 Å². The van der Waals surface area contributed by atoms with Crippen LogP contribution in [-0.2, 0) is 9.53 Å². The molecule has 2 aromatic rings. The molecule has 5 nitrogen and oxygen atoms in total. The fraction of sp³-hybridized carbons (Fsp3) is 0.300. The molecule has 2 rings (SSSR count). The molecule has 0 saturated heterocycles. The van der Waals surface area contributed by atoms with Crippen molar-refractivity contribution in [2.24, 2.45) is 0 Å². The fourth-order valence-corrected chi connectivity index (χ4v) is 2.29. The summed E-state index contributed by atoms with van der Waals surface area (Å²) in [6.07, 6.45) is 2.98. The quantitative estimate of drug-likeness (QED) is 0.509. The van der Waals surface area contributed by atoms with Crippen molar-refractivity contribution in [1.82, 2.24) is 0 Å². The van der Waals surface area contributed by atoms with Gasteiger partial charge in [-0.25, -0.2) is 4.79 Å². The van der Waals surface area contributed by atoms with E-state index in [1.165, 1.54) is 0 Å². The van der Waals surface area contributed by atoms with Gasteiger partial charge in [0.15, 0.2) is 6.61 Å². The highest BCUT2D eigenvalue weighted by Gasteiger charge is 2.08. The van der Waals surface area contributed by atoms with E-state index >= 15 is 0 Å². The maximum Gasteiger partial charge on any atom is 0.338 e. The molecular formula is C20H22ClNO4. The summed E-state index contributed by atoms with van der Waals surface area (Å²) in [6.45, 7) is 2.39. The summed E-state index contributed by atoms with van der Waals surface area (Å²) >= 11 is 5.79. The summed E-state index contributed by atoms with van der Waals surface area (Å²) in [5.74, 6) is -0.0920. The number of unbranched alkanes of at least 4 members (excludes halogenated alkanes) is 2. The Morgan fingerprint density at radius 1 is 1.00 bits per heavy atom. The van der Waals surface area contributed by atoms with Crippen LogP contribution in [0.3, 0.4) is 0 Å². The van der Waals surface area contributed by atoms with Crippen molar-refractivity contribution >= 4 is 29.2 Å². The molecule has 1 N–H and O–H groups in total. The number of amides is 1. The molecule has 0 aromatic heterocycles. The first-order chi connectivity index (χ1) is 12.6. The van der Waals surface area contributed by atoms with Crippen LogP contribution < -0.4 is 10.1 Å². The summed E-state index contributed by atoms with van der Waals surface area (Å²) in [4.78, 5) is 23.8. The van der Waals surface area contributed by atoms with Gasteiger partial charge in [0.25, 0.3) is 5.91 Å². The Balaban J connectivity index is 1.77. The van der Waals surface area contributed by atoms with Crippen LogP contribution in [0.2, 0.25) is 5.02 Å². The number of esters is 1. The van der Waals surface area contributed by atoms with Crippen molar-refractivity contribution in [2.45, 2.75) is 26.2 Å². The predicted octanol–water partition coefficient (Wildman–Crippen LogP) is 4.70. The topological polar surface area (TPSA) is 64.6 Å². The Morgan fingerprint density at radius 2 is 1.69 bits per heavy atom. The number of hydrogen-bond donors (Lipinski definition) is 1. The van der Waals surface area contributed by atoms with Gasteiger partial charge in [0.05, 0.1) is 12.2 Å². The Hall–Kier alpha value is -2.53. The summed E-state index contributed by atoms with van der Waals surface area (Å²) in [7, 11) is 0. The number of ether oxygens (including phenoxy) is 2. The van der Waals surface area contributed by atoms with Crippen molar-refractivity contribution in [3.63, 3.8) is 0 Å². The standard InChI is InChI=1S/C20H22ClNO4/c1-2-3-4-13-25-20(24)15-5-9-17(10-6-15)22-19(23)14-26-18-11-7-16(21)8-12-18/h5-12H,2-4,13-14H2,1H3,(H,22,23). The van der Waals surface area contributed by atoms with Crippen molar-refractivity contribution in [2.75, 3.05) is 18.5 Å². The normalized spacial score (nSPS) is 10.2. The third-order valence-electron chi connectivity index (χ3n) is 3.57. The maximum atomic E-state index is 11.9. The molecule has 0 aliphatic rings. The third-order valence-corrected chi connectivity index (χ3v) is 3.82. The molecule has 0 unspecified atom stereocenters. The number of carbonyl (C=O) groups is 2. The molecule has 26 heavy (non-hydrogen) atoms. The van der Waals surface area contributed by atoms with Crippen LogP contribution in [0.1, 0.15) is 36.5 Å². The minimum atomic E-state index is -0.356. The van der Waals surface area contributed by atoms with E-state index in [0.717, 1.165) is 19.3 Å². The van der Waals surface area contributed by atoms with E-state index in [-0.39, 0.29) is 18.5 Å². The summed E-state index contributed by atoms with van der Waals surface area (Å²) < 4.78 is 10.6. The highest BCUT2D eigenvalue weighted by Crippen LogP contribution is 2.16. The molecule has 0 radical (unpaired) electrons. The zero-order valence-electron chi connectivity index (χ0n) is 14.7. The molecule has 0 spiro atoms. The van der Waals surface area contributed by atoms with Gasteiger partial charge < -0.3 is 14.8 Å². The van der Waals surface area contributed by atoms with Gasteiger partial charge in [0.2, 0.25) is 0 Å². The molecule has 2 aromatic carbocycles. The number of carbonyl (C=O) groups excluding carboxylic acids is 2. The van der Waals surface area contributed by atoms with Crippen LogP contribution in [0, 0.1) is 0 Å². The molecule has 1 amide bonds. The highest BCUT2D eigenvalue weighted by atomic mass is 35.5. The lowest BCUT2D eigenvalue weighted by Crippen LogP contribution is -2.20. The second kappa shape index (κ2) is 10.5. The molecule has 0 heterocycles. The Bertz CT molecular complexity index is 714. The largest absolute Gasteiger partial charge is 0.484 e. The number of benzene rings is 2. The van der Waals surface area contributed by atoms with Crippen LogP contribution in [0.25, 0.3) is 0 Å². The second-order valence-corrected chi connectivity index (χ2v) is 6.15. The molecule has 0 bridgehead atoms. The van der Waals surface area contributed by atoms with Gasteiger partial charge in [-0.2, -0.15) is 0 Å². The van der Waals surface area contributed by atoms with Crippen LogP contribution in [0.15, 0.2) is 48.5 Å². The molecule has 0 aliphatic heterocycles. The smallest absolute Gasteiger partial charge is 0.338 e. The van der Waals surface area contributed by atoms with Gasteiger partial charge >= 0.3 is 5.97 Å². The fourth-order valence-electron chi connectivity index (χ4n) is 2.17. The first-order valence-corrected chi connectivity index (χ1v) is 8.91. The Kier molecular flexibility index (Phi) is 7.96. The molecule has 0 aliphatic carbocycles. The van der Waals surface area contributed by atoms with Crippen molar-refractivity contribution in [3.8, 4) is 5.75 Å². The molecule has 0 fully saturated rings. The average Bonchev–Trinajstić information content (AvgIpc) is 2.65.